The predicted molar refractivity (Wildman–Crippen MR) is 146 cm³/mol. The maximum Gasteiger partial charge on any atom is 0.243 e. The second-order valence-corrected chi connectivity index (χ2v) is 10.6. The van der Waals surface area contributed by atoms with E-state index in [2.05, 4.69) is 10.6 Å². The standard InChI is InChI=1S/C30H39N3O6/c1-30(20-39-30)28(36)25(16-21-8-4-3-5-9-21)32-29(37)26(17-22-11-13-24(38-2)14-12-22)31-27(35)18-33-15-7-6-10-23(33)19-34/h3-5,8-9,11-14,23,25-26,34H,6-7,10,15-20H2,1-2H3,(H,31,35)(H,32,37)/t23-,25-,26-,30+/m0/s1. The van der Waals surface area contributed by atoms with Gasteiger partial charge in [0.2, 0.25) is 11.8 Å². The van der Waals surface area contributed by atoms with Gasteiger partial charge in [-0.2, -0.15) is 0 Å². The fraction of sp³-hybridized carbons (Fsp3) is 0.500. The van der Waals surface area contributed by atoms with E-state index in [0.29, 0.717) is 18.8 Å². The van der Waals surface area contributed by atoms with E-state index in [4.69, 9.17) is 9.47 Å². The molecule has 0 unspecified atom stereocenters. The fourth-order valence-electron chi connectivity index (χ4n) is 5.06. The molecule has 2 heterocycles. The highest BCUT2D eigenvalue weighted by atomic mass is 16.6. The summed E-state index contributed by atoms with van der Waals surface area (Å²) in [5.74, 6) is -0.231. The van der Waals surface area contributed by atoms with Gasteiger partial charge in [-0.1, -0.05) is 48.9 Å². The van der Waals surface area contributed by atoms with Gasteiger partial charge in [-0.05, 0) is 56.0 Å². The number of aliphatic hydroxyl groups excluding tert-OH is 1. The monoisotopic (exact) mass is 537 g/mol. The quantitative estimate of drug-likeness (QED) is 0.332. The Hall–Kier alpha value is -3.27. The Bertz CT molecular complexity index is 1120. The summed E-state index contributed by atoms with van der Waals surface area (Å²) in [4.78, 5) is 42.1. The molecule has 2 aliphatic rings. The van der Waals surface area contributed by atoms with Crippen LogP contribution < -0.4 is 15.4 Å². The lowest BCUT2D eigenvalue weighted by molar-refractivity contribution is -0.133. The molecule has 2 saturated heterocycles. The number of nitrogens with zero attached hydrogens (tertiary/aromatic N) is 1. The van der Waals surface area contributed by atoms with E-state index in [9.17, 15) is 19.5 Å². The van der Waals surface area contributed by atoms with Crippen molar-refractivity contribution in [1.82, 2.24) is 15.5 Å². The highest BCUT2D eigenvalue weighted by molar-refractivity contribution is 5.98. The van der Waals surface area contributed by atoms with E-state index in [-0.39, 0.29) is 37.3 Å². The molecule has 0 aliphatic carbocycles. The van der Waals surface area contributed by atoms with Crippen LogP contribution in [0.25, 0.3) is 0 Å². The smallest absolute Gasteiger partial charge is 0.243 e. The molecular formula is C30H39N3O6. The molecule has 0 saturated carbocycles. The van der Waals surface area contributed by atoms with Crippen LogP contribution in [0, 0.1) is 0 Å². The van der Waals surface area contributed by atoms with Crippen molar-refractivity contribution in [3.63, 3.8) is 0 Å². The van der Waals surface area contributed by atoms with Crippen LogP contribution in [0.15, 0.2) is 54.6 Å². The first kappa shape index (κ1) is 28.7. The van der Waals surface area contributed by atoms with Crippen molar-refractivity contribution in [3.8, 4) is 5.75 Å². The molecule has 0 radical (unpaired) electrons. The second-order valence-electron chi connectivity index (χ2n) is 10.6. The number of amides is 2. The van der Waals surface area contributed by atoms with E-state index in [1.54, 1.807) is 26.2 Å². The normalized spacial score (nSPS) is 22.4. The largest absolute Gasteiger partial charge is 0.497 e. The number of carbonyl (C=O) groups is 3. The predicted octanol–water partition coefficient (Wildman–Crippen LogP) is 1.65. The van der Waals surface area contributed by atoms with Gasteiger partial charge in [0.1, 0.15) is 17.4 Å². The van der Waals surface area contributed by atoms with Gasteiger partial charge in [0.25, 0.3) is 0 Å². The molecule has 39 heavy (non-hydrogen) atoms. The molecule has 4 rings (SSSR count). The number of epoxide rings is 1. The molecule has 3 N–H and O–H groups in total. The van der Waals surface area contributed by atoms with Gasteiger partial charge in [0, 0.05) is 12.5 Å². The van der Waals surface area contributed by atoms with Gasteiger partial charge in [-0.3, -0.25) is 19.3 Å². The molecule has 2 aliphatic heterocycles. The second kappa shape index (κ2) is 13.2. The lowest BCUT2D eigenvalue weighted by Crippen LogP contribution is -2.56. The number of rotatable bonds is 13. The molecule has 0 spiro atoms. The molecular weight excluding hydrogens is 498 g/mol. The fourth-order valence-corrected chi connectivity index (χ4v) is 5.06. The summed E-state index contributed by atoms with van der Waals surface area (Å²) in [5.41, 5.74) is 0.844. The molecule has 9 nitrogen and oxygen atoms in total. The maximum atomic E-state index is 13.7. The molecule has 2 aromatic rings. The third kappa shape index (κ3) is 7.88. The van der Waals surface area contributed by atoms with Crippen LogP contribution >= 0.6 is 0 Å². The third-order valence-electron chi connectivity index (χ3n) is 7.57. The Morgan fingerprint density at radius 3 is 2.33 bits per heavy atom. The summed E-state index contributed by atoms with van der Waals surface area (Å²) in [6.07, 6.45) is 3.38. The van der Waals surface area contributed by atoms with Gasteiger partial charge in [0.15, 0.2) is 5.78 Å². The number of carbonyl (C=O) groups excluding carboxylic acids is 3. The van der Waals surface area contributed by atoms with E-state index in [1.165, 1.54) is 0 Å². The van der Waals surface area contributed by atoms with E-state index < -0.39 is 23.6 Å². The minimum Gasteiger partial charge on any atom is -0.497 e. The van der Waals surface area contributed by atoms with Crippen molar-refractivity contribution in [1.29, 1.82) is 0 Å². The van der Waals surface area contributed by atoms with Crippen molar-refractivity contribution in [3.05, 3.63) is 65.7 Å². The summed E-state index contributed by atoms with van der Waals surface area (Å²) in [5, 5.41) is 15.6. The number of likely N-dealkylation sites (tertiary alicyclic amines) is 1. The molecule has 4 atom stereocenters. The van der Waals surface area contributed by atoms with Crippen molar-refractivity contribution >= 4 is 17.6 Å². The van der Waals surface area contributed by atoms with Gasteiger partial charge in [0.05, 0.1) is 32.9 Å². The summed E-state index contributed by atoms with van der Waals surface area (Å²) in [6, 6.07) is 15.0. The van der Waals surface area contributed by atoms with Crippen molar-refractivity contribution in [2.24, 2.45) is 0 Å². The zero-order valence-electron chi connectivity index (χ0n) is 22.7. The Kier molecular flexibility index (Phi) is 9.72. The van der Waals surface area contributed by atoms with Crippen molar-refractivity contribution in [2.45, 2.75) is 62.8 Å². The maximum absolute atomic E-state index is 13.7. The SMILES string of the molecule is COc1ccc(C[C@H](NC(=O)CN2CCCC[C@H]2CO)C(=O)N[C@@H](Cc2ccccc2)C(=O)[C@@]2(C)CO2)cc1. The number of ketones is 1. The number of methoxy groups -OCH3 is 1. The number of piperidine rings is 1. The van der Waals surface area contributed by atoms with E-state index >= 15 is 0 Å². The topological polar surface area (TPSA) is 120 Å². The average molecular weight is 538 g/mol. The first-order valence-corrected chi connectivity index (χ1v) is 13.6. The Morgan fingerprint density at radius 2 is 1.69 bits per heavy atom. The van der Waals surface area contributed by atoms with Gasteiger partial charge in [-0.15, -0.1) is 0 Å². The highest BCUT2D eigenvalue weighted by Crippen LogP contribution is 2.29. The lowest BCUT2D eigenvalue weighted by Gasteiger charge is -2.34. The number of hydrogen-bond acceptors (Lipinski definition) is 7. The van der Waals surface area contributed by atoms with Crippen LogP contribution in [0.1, 0.15) is 37.3 Å². The van der Waals surface area contributed by atoms with Crippen molar-refractivity contribution < 1.29 is 29.0 Å². The molecule has 0 bridgehead atoms. The summed E-state index contributed by atoms with van der Waals surface area (Å²) < 4.78 is 10.6. The molecule has 9 heteroatoms. The average Bonchev–Trinajstić information content (AvgIpc) is 3.71. The molecule has 210 valence electrons. The Balaban J connectivity index is 1.50. The van der Waals surface area contributed by atoms with Crippen LogP contribution in [-0.4, -0.2) is 84.7 Å². The summed E-state index contributed by atoms with van der Waals surface area (Å²) >= 11 is 0. The third-order valence-corrected chi connectivity index (χ3v) is 7.57. The number of benzene rings is 2. The van der Waals surface area contributed by atoms with Crippen LogP contribution in [0.2, 0.25) is 0 Å². The first-order valence-electron chi connectivity index (χ1n) is 13.6. The molecule has 2 fully saturated rings. The number of aliphatic hydroxyl groups is 1. The number of ether oxygens (including phenoxy) is 2. The first-order chi connectivity index (χ1) is 18.8. The van der Waals surface area contributed by atoms with Crippen LogP contribution in [0.4, 0.5) is 0 Å². The Labute approximate surface area is 229 Å². The van der Waals surface area contributed by atoms with Gasteiger partial charge < -0.3 is 25.2 Å². The van der Waals surface area contributed by atoms with Gasteiger partial charge >= 0.3 is 0 Å². The number of hydrogen-bond donors (Lipinski definition) is 3. The highest BCUT2D eigenvalue weighted by Gasteiger charge is 2.50. The Morgan fingerprint density at radius 1 is 1.03 bits per heavy atom. The lowest BCUT2D eigenvalue weighted by atomic mass is 9.94. The summed E-state index contributed by atoms with van der Waals surface area (Å²) in [6.45, 7) is 2.86. The summed E-state index contributed by atoms with van der Waals surface area (Å²) in [7, 11) is 1.58. The molecule has 0 aromatic heterocycles. The van der Waals surface area contributed by atoms with E-state index in [0.717, 1.165) is 36.9 Å². The zero-order chi connectivity index (χ0) is 27.8. The van der Waals surface area contributed by atoms with Crippen LogP contribution in [-0.2, 0) is 32.0 Å². The minimum absolute atomic E-state index is 0.00679. The number of nitrogens with one attached hydrogen (secondary N) is 2. The minimum atomic E-state index is -0.908. The molecule has 2 aromatic carbocycles. The zero-order valence-corrected chi connectivity index (χ0v) is 22.7. The van der Waals surface area contributed by atoms with Crippen molar-refractivity contribution in [2.75, 3.05) is 33.4 Å². The molecule has 2 amide bonds. The van der Waals surface area contributed by atoms with Crippen LogP contribution in [0.3, 0.4) is 0 Å². The van der Waals surface area contributed by atoms with Gasteiger partial charge in [-0.25, -0.2) is 0 Å². The van der Waals surface area contributed by atoms with Crippen LogP contribution in [0.5, 0.6) is 5.75 Å². The number of Topliss-reactive ketones (excluding diaryl/α,β-unsaturated/α-hetero) is 1. The van der Waals surface area contributed by atoms with E-state index in [1.807, 2.05) is 47.4 Å².